The van der Waals surface area contributed by atoms with Crippen molar-refractivity contribution < 1.29 is 4.74 Å². The van der Waals surface area contributed by atoms with Gasteiger partial charge in [-0.15, -0.1) is 0 Å². The molecule has 3 nitrogen and oxygen atoms in total. The van der Waals surface area contributed by atoms with Crippen LogP contribution in [0.4, 0.5) is 0 Å². The van der Waals surface area contributed by atoms with Gasteiger partial charge in [0.1, 0.15) is 0 Å². The standard InChI is InChI=1S/C14H32N2O/c1-5-16(6-2)11-9-15-10-13-17-12-7-8-14(3)4/h14-15H,5-13H2,1-4H3. The second-order valence-electron chi connectivity index (χ2n) is 4.93. The smallest absolute Gasteiger partial charge is 0.0590 e. The van der Waals surface area contributed by atoms with Crippen molar-refractivity contribution in [1.29, 1.82) is 0 Å². The minimum atomic E-state index is 0.797. The molecule has 0 aromatic heterocycles. The largest absolute Gasteiger partial charge is 0.380 e. The number of hydrogen-bond acceptors (Lipinski definition) is 3. The number of nitrogens with zero attached hydrogens (tertiary/aromatic N) is 1. The van der Waals surface area contributed by atoms with Crippen molar-refractivity contribution in [1.82, 2.24) is 10.2 Å². The zero-order valence-corrected chi connectivity index (χ0v) is 12.3. The van der Waals surface area contributed by atoms with Crippen LogP contribution in [0, 0.1) is 5.92 Å². The van der Waals surface area contributed by atoms with Gasteiger partial charge in [-0.3, -0.25) is 0 Å². The minimum absolute atomic E-state index is 0.797. The maximum atomic E-state index is 5.57. The fraction of sp³-hybridized carbons (Fsp3) is 1.00. The van der Waals surface area contributed by atoms with Gasteiger partial charge < -0.3 is 15.0 Å². The Balaban J connectivity index is 3.08. The normalized spacial score (nSPS) is 11.6. The number of likely N-dealkylation sites (N-methyl/N-ethyl adjacent to an activating group) is 1. The summed E-state index contributed by atoms with van der Waals surface area (Å²) in [5.74, 6) is 0.797. The number of hydrogen-bond donors (Lipinski definition) is 1. The van der Waals surface area contributed by atoms with E-state index < -0.39 is 0 Å². The van der Waals surface area contributed by atoms with E-state index in [2.05, 4.69) is 37.9 Å². The van der Waals surface area contributed by atoms with Gasteiger partial charge in [0.15, 0.2) is 0 Å². The van der Waals surface area contributed by atoms with E-state index in [4.69, 9.17) is 4.74 Å². The summed E-state index contributed by atoms with van der Waals surface area (Å²) in [6, 6.07) is 0. The van der Waals surface area contributed by atoms with Crippen LogP contribution in [0.5, 0.6) is 0 Å². The Labute approximate surface area is 108 Å². The number of ether oxygens (including phenoxy) is 1. The lowest BCUT2D eigenvalue weighted by Crippen LogP contribution is -2.33. The van der Waals surface area contributed by atoms with Crippen LogP contribution < -0.4 is 5.32 Å². The Morgan fingerprint density at radius 3 is 2.35 bits per heavy atom. The Kier molecular flexibility index (Phi) is 12.3. The molecule has 0 unspecified atom stereocenters. The van der Waals surface area contributed by atoms with E-state index in [0.717, 1.165) is 51.9 Å². The summed E-state index contributed by atoms with van der Waals surface area (Å²) in [7, 11) is 0. The Hall–Kier alpha value is -0.120. The first kappa shape index (κ1) is 16.9. The van der Waals surface area contributed by atoms with E-state index in [1.54, 1.807) is 0 Å². The highest BCUT2D eigenvalue weighted by atomic mass is 16.5. The van der Waals surface area contributed by atoms with E-state index in [9.17, 15) is 0 Å². The van der Waals surface area contributed by atoms with Crippen molar-refractivity contribution >= 4 is 0 Å². The molecule has 0 atom stereocenters. The Bertz CT molecular complexity index is 147. The molecule has 0 aromatic rings. The lowest BCUT2D eigenvalue weighted by molar-refractivity contribution is 0.129. The lowest BCUT2D eigenvalue weighted by atomic mass is 10.1. The zero-order chi connectivity index (χ0) is 12.9. The molecule has 0 rings (SSSR count). The molecule has 0 amide bonds. The molecule has 17 heavy (non-hydrogen) atoms. The van der Waals surface area contributed by atoms with Gasteiger partial charge in [0.25, 0.3) is 0 Å². The van der Waals surface area contributed by atoms with Gasteiger partial charge in [0, 0.05) is 26.2 Å². The van der Waals surface area contributed by atoms with Gasteiger partial charge in [0.05, 0.1) is 6.61 Å². The van der Waals surface area contributed by atoms with Gasteiger partial charge in [-0.2, -0.15) is 0 Å². The maximum absolute atomic E-state index is 5.57. The highest BCUT2D eigenvalue weighted by Gasteiger charge is 1.97. The van der Waals surface area contributed by atoms with E-state index in [1.807, 2.05) is 0 Å². The predicted octanol–water partition coefficient (Wildman–Crippen LogP) is 2.37. The predicted molar refractivity (Wildman–Crippen MR) is 75.5 cm³/mol. The van der Waals surface area contributed by atoms with Crippen molar-refractivity contribution in [2.45, 2.75) is 40.5 Å². The van der Waals surface area contributed by atoms with Gasteiger partial charge in [0.2, 0.25) is 0 Å². The van der Waals surface area contributed by atoms with Crippen molar-refractivity contribution in [3.63, 3.8) is 0 Å². The van der Waals surface area contributed by atoms with Crippen LogP contribution in [0.2, 0.25) is 0 Å². The molecule has 0 aliphatic rings. The van der Waals surface area contributed by atoms with Gasteiger partial charge >= 0.3 is 0 Å². The molecular formula is C14H32N2O. The molecule has 0 aliphatic carbocycles. The second-order valence-corrected chi connectivity index (χ2v) is 4.93. The van der Waals surface area contributed by atoms with E-state index in [0.29, 0.717) is 0 Å². The minimum Gasteiger partial charge on any atom is -0.380 e. The Morgan fingerprint density at radius 2 is 1.76 bits per heavy atom. The van der Waals surface area contributed by atoms with Crippen molar-refractivity contribution in [2.75, 3.05) is 45.9 Å². The van der Waals surface area contributed by atoms with Crippen LogP contribution in [-0.2, 0) is 4.74 Å². The molecule has 3 heteroatoms. The average Bonchev–Trinajstić information content (AvgIpc) is 2.31. The first-order chi connectivity index (χ1) is 8.20. The third-order valence-electron chi connectivity index (χ3n) is 2.99. The molecule has 104 valence electrons. The lowest BCUT2D eigenvalue weighted by Gasteiger charge is -2.17. The van der Waals surface area contributed by atoms with Crippen LogP contribution in [-0.4, -0.2) is 50.8 Å². The summed E-state index contributed by atoms with van der Waals surface area (Å²) in [4.78, 5) is 2.43. The molecular weight excluding hydrogens is 212 g/mol. The fourth-order valence-corrected chi connectivity index (χ4v) is 1.74. The molecule has 0 bridgehead atoms. The fourth-order valence-electron chi connectivity index (χ4n) is 1.74. The molecule has 0 fully saturated rings. The summed E-state index contributed by atoms with van der Waals surface area (Å²) in [5.41, 5.74) is 0. The summed E-state index contributed by atoms with van der Waals surface area (Å²) in [5, 5.41) is 3.42. The molecule has 0 heterocycles. The monoisotopic (exact) mass is 244 g/mol. The van der Waals surface area contributed by atoms with Crippen LogP contribution in [0.15, 0.2) is 0 Å². The number of nitrogens with one attached hydrogen (secondary N) is 1. The summed E-state index contributed by atoms with van der Waals surface area (Å²) < 4.78 is 5.57. The van der Waals surface area contributed by atoms with Crippen molar-refractivity contribution in [3.05, 3.63) is 0 Å². The first-order valence-corrected chi connectivity index (χ1v) is 7.21. The van der Waals surface area contributed by atoms with Gasteiger partial charge in [-0.1, -0.05) is 27.7 Å². The zero-order valence-electron chi connectivity index (χ0n) is 12.3. The van der Waals surface area contributed by atoms with E-state index in [1.165, 1.54) is 12.8 Å². The molecule has 0 saturated heterocycles. The highest BCUT2D eigenvalue weighted by Crippen LogP contribution is 2.02. The van der Waals surface area contributed by atoms with Gasteiger partial charge in [-0.25, -0.2) is 0 Å². The van der Waals surface area contributed by atoms with Gasteiger partial charge in [-0.05, 0) is 31.8 Å². The van der Waals surface area contributed by atoms with Crippen molar-refractivity contribution in [3.8, 4) is 0 Å². The molecule has 1 N–H and O–H groups in total. The molecule has 0 aromatic carbocycles. The van der Waals surface area contributed by atoms with Crippen molar-refractivity contribution in [2.24, 2.45) is 5.92 Å². The molecule has 0 aliphatic heterocycles. The van der Waals surface area contributed by atoms with E-state index >= 15 is 0 Å². The Morgan fingerprint density at radius 1 is 1.06 bits per heavy atom. The average molecular weight is 244 g/mol. The van der Waals surface area contributed by atoms with Crippen LogP contribution >= 0.6 is 0 Å². The molecule has 0 spiro atoms. The highest BCUT2D eigenvalue weighted by molar-refractivity contribution is 4.55. The molecule has 0 radical (unpaired) electrons. The maximum Gasteiger partial charge on any atom is 0.0590 e. The second kappa shape index (κ2) is 12.3. The van der Waals surface area contributed by atoms with Crippen LogP contribution in [0.1, 0.15) is 40.5 Å². The van der Waals surface area contributed by atoms with E-state index in [-0.39, 0.29) is 0 Å². The SMILES string of the molecule is CCN(CC)CCNCCOCCCC(C)C. The summed E-state index contributed by atoms with van der Waals surface area (Å²) in [6.45, 7) is 16.2. The first-order valence-electron chi connectivity index (χ1n) is 7.21. The summed E-state index contributed by atoms with van der Waals surface area (Å²) >= 11 is 0. The van der Waals surface area contributed by atoms with Crippen LogP contribution in [0.25, 0.3) is 0 Å². The quantitative estimate of drug-likeness (QED) is 0.533. The number of rotatable bonds is 12. The third-order valence-corrected chi connectivity index (χ3v) is 2.99. The van der Waals surface area contributed by atoms with Crippen LogP contribution in [0.3, 0.4) is 0 Å². The summed E-state index contributed by atoms with van der Waals surface area (Å²) in [6.07, 6.45) is 2.46. The molecule has 0 saturated carbocycles. The topological polar surface area (TPSA) is 24.5 Å². The third kappa shape index (κ3) is 12.1.